The van der Waals surface area contributed by atoms with Crippen LogP contribution in [0.2, 0.25) is 0 Å². The van der Waals surface area contributed by atoms with Gasteiger partial charge in [0, 0.05) is 6.20 Å². The van der Waals surface area contributed by atoms with E-state index in [9.17, 15) is 0 Å². The molecule has 0 aliphatic rings. The number of rotatable bonds is 3. The molecule has 5 nitrogen and oxygen atoms in total. The number of hydrogen-bond acceptors (Lipinski definition) is 4. The quantitative estimate of drug-likeness (QED) is 0.791. The predicted molar refractivity (Wildman–Crippen MR) is 50.8 cm³/mol. The number of aromatic amines is 1. The van der Waals surface area contributed by atoms with E-state index in [0.717, 1.165) is 5.69 Å². The van der Waals surface area contributed by atoms with E-state index in [2.05, 4.69) is 19.9 Å². The number of aromatic nitrogens is 4. The highest BCUT2D eigenvalue weighted by molar-refractivity contribution is 5.48. The van der Waals surface area contributed by atoms with Gasteiger partial charge < -0.3 is 9.72 Å². The second kappa shape index (κ2) is 3.87. The molecule has 72 valence electrons. The molecule has 0 bridgehead atoms. The van der Waals surface area contributed by atoms with Crippen LogP contribution in [0.15, 0.2) is 24.7 Å². The maximum absolute atomic E-state index is 5.17. The zero-order chi connectivity index (χ0) is 9.80. The molecule has 0 spiro atoms. The van der Waals surface area contributed by atoms with Crippen molar-refractivity contribution in [2.75, 3.05) is 6.61 Å². The first-order valence-electron chi connectivity index (χ1n) is 4.35. The molecular formula is C9H10N4O. The Labute approximate surface area is 81.2 Å². The smallest absolute Gasteiger partial charge is 0.319 e. The molecule has 2 rings (SSSR count). The number of nitrogens with one attached hydrogen (secondary N) is 1. The minimum Gasteiger partial charge on any atom is -0.464 e. The molecule has 0 aliphatic heterocycles. The second-order valence-electron chi connectivity index (χ2n) is 2.61. The van der Waals surface area contributed by atoms with E-state index in [1.54, 1.807) is 0 Å². The van der Waals surface area contributed by atoms with Gasteiger partial charge in [-0.3, -0.25) is 0 Å². The van der Waals surface area contributed by atoms with Gasteiger partial charge in [-0.25, -0.2) is 4.98 Å². The third-order valence-electron chi connectivity index (χ3n) is 1.66. The summed E-state index contributed by atoms with van der Waals surface area (Å²) in [5.74, 6) is 0.591. The van der Waals surface area contributed by atoms with Crippen molar-refractivity contribution < 1.29 is 4.74 Å². The highest BCUT2D eigenvalue weighted by atomic mass is 16.5. The Morgan fingerprint density at radius 1 is 1.43 bits per heavy atom. The molecule has 1 N–H and O–H groups in total. The lowest BCUT2D eigenvalue weighted by Gasteiger charge is -2.00. The highest BCUT2D eigenvalue weighted by Gasteiger charge is 2.03. The third kappa shape index (κ3) is 1.71. The van der Waals surface area contributed by atoms with Crippen LogP contribution in [0.1, 0.15) is 6.92 Å². The predicted octanol–water partition coefficient (Wildman–Crippen LogP) is 1.27. The van der Waals surface area contributed by atoms with Gasteiger partial charge in [0.2, 0.25) is 0 Å². The molecule has 0 saturated carbocycles. The molecule has 0 fully saturated rings. The summed E-state index contributed by atoms with van der Waals surface area (Å²) in [6.07, 6.45) is 3.26. The fourth-order valence-electron chi connectivity index (χ4n) is 1.08. The Hall–Kier alpha value is -1.91. The minimum absolute atomic E-state index is 0.354. The molecule has 0 amide bonds. The highest BCUT2D eigenvalue weighted by Crippen LogP contribution is 2.12. The van der Waals surface area contributed by atoms with Gasteiger partial charge in [-0.15, -0.1) is 0 Å². The summed E-state index contributed by atoms with van der Waals surface area (Å²) in [5.41, 5.74) is 0.855. The van der Waals surface area contributed by atoms with E-state index < -0.39 is 0 Å². The summed E-state index contributed by atoms with van der Waals surface area (Å²) >= 11 is 0. The van der Waals surface area contributed by atoms with E-state index in [1.165, 1.54) is 6.33 Å². The molecule has 0 aliphatic carbocycles. The SMILES string of the molecule is CCOc1ncnc(-c2ccc[nH]2)n1. The van der Waals surface area contributed by atoms with E-state index >= 15 is 0 Å². The molecule has 0 atom stereocenters. The Balaban J connectivity index is 2.31. The molecule has 14 heavy (non-hydrogen) atoms. The number of ether oxygens (including phenoxy) is 1. The zero-order valence-corrected chi connectivity index (χ0v) is 7.77. The maximum Gasteiger partial charge on any atom is 0.319 e. The van der Waals surface area contributed by atoms with E-state index in [1.807, 2.05) is 25.3 Å². The Bertz CT molecular complexity index is 399. The number of hydrogen-bond donors (Lipinski definition) is 1. The van der Waals surface area contributed by atoms with Crippen molar-refractivity contribution in [3.8, 4) is 17.5 Å². The monoisotopic (exact) mass is 190 g/mol. The number of H-pyrrole nitrogens is 1. The van der Waals surface area contributed by atoms with Crippen molar-refractivity contribution >= 4 is 0 Å². The van der Waals surface area contributed by atoms with Gasteiger partial charge in [-0.2, -0.15) is 9.97 Å². The molecule has 0 aromatic carbocycles. The second-order valence-corrected chi connectivity index (χ2v) is 2.61. The lowest BCUT2D eigenvalue weighted by Crippen LogP contribution is -1.99. The van der Waals surface area contributed by atoms with Crippen LogP contribution in [0.3, 0.4) is 0 Å². The van der Waals surface area contributed by atoms with Gasteiger partial charge in [-0.1, -0.05) is 0 Å². The van der Waals surface area contributed by atoms with Crippen LogP contribution >= 0.6 is 0 Å². The van der Waals surface area contributed by atoms with Gasteiger partial charge in [-0.05, 0) is 19.1 Å². The third-order valence-corrected chi connectivity index (χ3v) is 1.66. The van der Waals surface area contributed by atoms with Crippen LogP contribution in [0.25, 0.3) is 11.5 Å². The van der Waals surface area contributed by atoms with Gasteiger partial charge in [0.1, 0.15) is 6.33 Å². The summed E-state index contributed by atoms with van der Waals surface area (Å²) < 4.78 is 5.17. The van der Waals surface area contributed by atoms with E-state index in [0.29, 0.717) is 18.4 Å². The summed E-state index contributed by atoms with van der Waals surface area (Å²) in [7, 11) is 0. The molecule has 0 saturated heterocycles. The average molecular weight is 190 g/mol. The van der Waals surface area contributed by atoms with E-state index in [4.69, 9.17) is 4.74 Å². The molecule has 2 heterocycles. The van der Waals surface area contributed by atoms with E-state index in [-0.39, 0.29) is 0 Å². The standard InChI is InChI=1S/C9H10N4O/c1-2-14-9-12-6-11-8(13-9)7-4-3-5-10-7/h3-6,10H,2H2,1H3. The first-order valence-corrected chi connectivity index (χ1v) is 4.35. The normalized spacial score (nSPS) is 10.1. The molecule has 2 aromatic rings. The molecule has 0 radical (unpaired) electrons. The Morgan fingerprint density at radius 3 is 3.07 bits per heavy atom. The summed E-state index contributed by atoms with van der Waals surface area (Å²) in [4.78, 5) is 15.1. The zero-order valence-electron chi connectivity index (χ0n) is 7.77. The lowest BCUT2D eigenvalue weighted by molar-refractivity contribution is 0.311. The van der Waals surface area contributed by atoms with Crippen LogP contribution in [-0.2, 0) is 0 Å². The number of nitrogens with zero attached hydrogens (tertiary/aromatic N) is 3. The van der Waals surface area contributed by atoms with Crippen LogP contribution < -0.4 is 4.74 Å². The fourth-order valence-corrected chi connectivity index (χ4v) is 1.08. The van der Waals surface area contributed by atoms with Crippen molar-refractivity contribution in [2.24, 2.45) is 0 Å². The molecule has 5 heteroatoms. The van der Waals surface area contributed by atoms with Gasteiger partial charge >= 0.3 is 6.01 Å². The van der Waals surface area contributed by atoms with Gasteiger partial charge in [0.15, 0.2) is 5.82 Å². The first kappa shape index (κ1) is 8.68. The van der Waals surface area contributed by atoms with Crippen molar-refractivity contribution in [3.63, 3.8) is 0 Å². The summed E-state index contributed by atoms with van der Waals surface area (Å²) in [5, 5.41) is 0. The Kier molecular flexibility index (Phi) is 2.40. The topological polar surface area (TPSA) is 63.7 Å². The fraction of sp³-hybridized carbons (Fsp3) is 0.222. The van der Waals surface area contributed by atoms with Crippen LogP contribution in [0.5, 0.6) is 6.01 Å². The van der Waals surface area contributed by atoms with Crippen molar-refractivity contribution in [3.05, 3.63) is 24.7 Å². The summed E-state index contributed by atoms with van der Waals surface area (Å²) in [6, 6.07) is 4.14. The molecule has 2 aromatic heterocycles. The van der Waals surface area contributed by atoms with Gasteiger partial charge in [0.25, 0.3) is 0 Å². The van der Waals surface area contributed by atoms with Crippen molar-refractivity contribution in [1.82, 2.24) is 19.9 Å². The van der Waals surface area contributed by atoms with Crippen LogP contribution in [-0.4, -0.2) is 26.5 Å². The van der Waals surface area contributed by atoms with Crippen molar-refractivity contribution in [1.29, 1.82) is 0 Å². The van der Waals surface area contributed by atoms with Gasteiger partial charge in [0.05, 0.1) is 12.3 Å². The minimum atomic E-state index is 0.354. The Morgan fingerprint density at radius 2 is 2.36 bits per heavy atom. The average Bonchev–Trinajstić information content (AvgIpc) is 2.71. The lowest BCUT2D eigenvalue weighted by atomic mass is 10.4. The molecule has 0 unspecified atom stereocenters. The maximum atomic E-state index is 5.17. The van der Waals surface area contributed by atoms with Crippen LogP contribution in [0.4, 0.5) is 0 Å². The molecular weight excluding hydrogens is 180 g/mol. The van der Waals surface area contributed by atoms with Crippen molar-refractivity contribution in [2.45, 2.75) is 6.92 Å². The largest absolute Gasteiger partial charge is 0.464 e. The summed E-state index contributed by atoms with van der Waals surface area (Å²) in [6.45, 7) is 2.44. The van der Waals surface area contributed by atoms with Crippen LogP contribution in [0, 0.1) is 0 Å². The first-order chi connectivity index (χ1) is 6.90.